The lowest BCUT2D eigenvalue weighted by Gasteiger charge is -2.48. The number of carbonyl (C=O) groups is 3. The Morgan fingerprint density at radius 1 is 1.20 bits per heavy atom. The predicted octanol–water partition coefficient (Wildman–Crippen LogP) is 3.37. The number of carboxylic acid groups (broad SMARTS) is 1. The first kappa shape index (κ1) is 27.0. The van der Waals surface area contributed by atoms with Crippen molar-refractivity contribution in [2.24, 2.45) is 5.41 Å². The number of carbonyl (C=O) groups excluding carboxylic acids is 2. The van der Waals surface area contributed by atoms with Crippen LogP contribution >= 0.6 is 0 Å². The summed E-state index contributed by atoms with van der Waals surface area (Å²) in [5.74, 6) is -1.35. The number of nitrogens with one attached hydrogen (secondary N) is 1. The number of phenols is 1. The van der Waals surface area contributed by atoms with E-state index in [0.29, 0.717) is 43.0 Å². The van der Waals surface area contributed by atoms with E-state index in [1.807, 2.05) is 27.8 Å². The Hall–Kier alpha value is -2.61. The third-order valence-electron chi connectivity index (χ3n) is 8.04. The van der Waals surface area contributed by atoms with Crippen LogP contribution in [0.1, 0.15) is 83.1 Å². The van der Waals surface area contributed by atoms with Gasteiger partial charge >= 0.3 is 5.97 Å². The molecule has 0 bridgehead atoms. The van der Waals surface area contributed by atoms with E-state index in [1.54, 1.807) is 24.0 Å². The average Bonchev–Trinajstić information content (AvgIpc) is 3.12. The maximum Gasteiger partial charge on any atom is 0.311 e. The third-order valence-corrected chi connectivity index (χ3v) is 8.04. The molecule has 8 nitrogen and oxygen atoms in total. The highest BCUT2D eigenvalue weighted by Crippen LogP contribution is 2.42. The monoisotopic (exact) mass is 487 g/mol. The van der Waals surface area contributed by atoms with Gasteiger partial charge in [0.1, 0.15) is 11.8 Å². The van der Waals surface area contributed by atoms with Gasteiger partial charge < -0.3 is 25.3 Å². The highest BCUT2D eigenvalue weighted by molar-refractivity contribution is 5.98. The van der Waals surface area contributed by atoms with E-state index in [9.17, 15) is 24.6 Å². The second-order valence-corrected chi connectivity index (χ2v) is 11.8. The van der Waals surface area contributed by atoms with Gasteiger partial charge in [0.05, 0.1) is 5.41 Å². The molecule has 1 aliphatic carbocycles. The van der Waals surface area contributed by atoms with Crippen LogP contribution in [-0.4, -0.2) is 75.6 Å². The molecule has 1 aliphatic heterocycles. The van der Waals surface area contributed by atoms with Crippen molar-refractivity contribution in [2.45, 2.75) is 96.8 Å². The van der Waals surface area contributed by atoms with E-state index in [-0.39, 0.29) is 29.0 Å². The number of hydrogen-bond acceptors (Lipinski definition) is 5. The van der Waals surface area contributed by atoms with Gasteiger partial charge in [-0.3, -0.25) is 14.4 Å². The third kappa shape index (κ3) is 5.32. The fourth-order valence-electron chi connectivity index (χ4n) is 5.56. The highest BCUT2D eigenvalue weighted by Gasteiger charge is 2.52. The van der Waals surface area contributed by atoms with Crippen molar-refractivity contribution in [3.63, 3.8) is 0 Å². The minimum atomic E-state index is -1.06. The van der Waals surface area contributed by atoms with Crippen molar-refractivity contribution in [3.05, 3.63) is 29.3 Å². The van der Waals surface area contributed by atoms with Gasteiger partial charge in [-0.1, -0.05) is 20.8 Å². The molecule has 8 heteroatoms. The Morgan fingerprint density at radius 3 is 2.43 bits per heavy atom. The molecular weight excluding hydrogens is 446 g/mol. The number of benzene rings is 1. The van der Waals surface area contributed by atoms with E-state index in [1.165, 1.54) is 6.07 Å². The number of likely N-dealkylation sites (tertiary alicyclic amines) is 1. The Bertz CT molecular complexity index is 986. The lowest BCUT2D eigenvalue weighted by molar-refractivity contribution is -0.159. The van der Waals surface area contributed by atoms with Crippen molar-refractivity contribution < 1.29 is 24.6 Å². The van der Waals surface area contributed by atoms with Crippen LogP contribution in [0, 0.1) is 5.41 Å². The smallest absolute Gasteiger partial charge is 0.311 e. The summed E-state index contributed by atoms with van der Waals surface area (Å²) in [7, 11) is 2.03. The number of nitrogens with zero attached hydrogens (tertiary/aromatic N) is 2. The van der Waals surface area contributed by atoms with Crippen molar-refractivity contribution in [2.75, 3.05) is 13.6 Å². The quantitative estimate of drug-likeness (QED) is 0.568. The van der Waals surface area contributed by atoms with Gasteiger partial charge in [0.15, 0.2) is 0 Å². The largest absolute Gasteiger partial charge is 0.508 e. The predicted molar refractivity (Wildman–Crippen MR) is 134 cm³/mol. The molecule has 2 amide bonds. The summed E-state index contributed by atoms with van der Waals surface area (Å²) in [6, 6.07) is 4.06. The first-order valence-electron chi connectivity index (χ1n) is 12.6. The molecule has 1 unspecified atom stereocenters. The molecule has 2 aliphatic rings. The summed E-state index contributed by atoms with van der Waals surface area (Å²) >= 11 is 0. The van der Waals surface area contributed by atoms with E-state index >= 15 is 0 Å². The van der Waals surface area contributed by atoms with Crippen LogP contribution in [0.25, 0.3) is 0 Å². The van der Waals surface area contributed by atoms with Crippen molar-refractivity contribution in [1.29, 1.82) is 0 Å². The molecule has 1 saturated carbocycles. The zero-order valence-corrected chi connectivity index (χ0v) is 22.1. The molecule has 1 heterocycles. The fraction of sp³-hybridized carbons (Fsp3) is 0.667. The molecule has 1 saturated heterocycles. The number of aliphatic carboxylic acids is 1. The normalized spacial score (nSPS) is 27.5. The molecule has 2 fully saturated rings. The van der Waals surface area contributed by atoms with E-state index in [0.717, 1.165) is 6.42 Å². The maximum atomic E-state index is 13.4. The molecule has 4 atom stereocenters. The minimum Gasteiger partial charge on any atom is -0.508 e. The summed E-state index contributed by atoms with van der Waals surface area (Å²) in [5, 5.41) is 23.2. The molecule has 3 rings (SSSR count). The summed E-state index contributed by atoms with van der Waals surface area (Å²) in [6.45, 7) is 12.2. The van der Waals surface area contributed by atoms with E-state index in [4.69, 9.17) is 0 Å². The topological polar surface area (TPSA) is 110 Å². The van der Waals surface area contributed by atoms with Gasteiger partial charge in [-0.25, -0.2) is 0 Å². The van der Waals surface area contributed by atoms with E-state index < -0.39 is 23.5 Å². The molecule has 3 N–H and O–H groups in total. The van der Waals surface area contributed by atoms with Gasteiger partial charge in [-0.05, 0) is 77.1 Å². The van der Waals surface area contributed by atoms with Gasteiger partial charge in [0.25, 0.3) is 5.91 Å². The van der Waals surface area contributed by atoms with Gasteiger partial charge in [0.2, 0.25) is 5.91 Å². The van der Waals surface area contributed by atoms with Gasteiger partial charge in [-0.15, -0.1) is 0 Å². The molecule has 35 heavy (non-hydrogen) atoms. The van der Waals surface area contributed by atoms with Gasteiger partial charge in [0, 0.05) is 35.8 Å². The molecule has 0 aromatic heterocycles. The van der Waals surface area contributed by atoms with Crippen LogP contribution < -0.4 is 5.32 Å². The number of carboxylic acids is 1. The van der Waals surface area contributed by atoms with Crippen LogP contribution in [0.4, 0.5) is 0 Å². The number of amides is 2. The van der Waals surface area contributed by atoms with Crippen molar-refractivity contribution >= 4 is 17.8 Å². The van der Waals surface area contributed by atoms with E-state index in [2.05, 4.69) is 24.1 Å². The Kier molecular flexibility index (Phi) is 7.56. The Balaban J connectivity index is 1.75. The zero-order valence-electron chi connectivity index (χ0n) is 22.1. The lowest BCUT2D eigenvalue weighted by atomic mass is 9.68. The SMILES string of the molecule is CC(C)N(C)[C@@H]1CC[C@H](N2CCC(NC(=O)c3ccc(O)c(C(C)(C)C)c3)C2=O)[C@@](C)(C(=O)O)C1. The summed E-state index contributed by atoms with van der Waals surface area (Å²) in [6.07, 6.45) is 2.36. The standard InChI is InChI=1S/C27H41N3O5/c1-16(2)29(7)18-9-11-22(27(6,15-18)25(34)35)30-13-12-20(24(30)33)28-23(32)17-8-10-21(31)19(14-17)26(3,4)5/h8,10,14,16,18,20,22,31H,9,11-13,15H2,1-7H3,(H,28,32)(H,34,35)/t18-,20?,22+,27+/m1/s1. The molecule has 1 aromatic carbocycles. The fourth-order valence-corrected chi connectivity index (χ4v) is 5.56. The maximum absolute atomic E-state index is 13.4. The number of phenolic OH excluding ortho intramolecular Hbond substituents is 1. The molecular formula is C27H41N3O5. The number of hydrogen-bond donors (Lipinski definition) is 3. The molecule has 1 aromatic rings. The molecule has 194 valence electrons. The summed E-state index contributed by atoms with van der Waals surface area (Å²) in [5.41, 5.74) is -0.361. The Morgan fingerprint density at radius 2 is 1.86 bits per heavy atom. The van der Waals surface area contributed by atoms with Crippen molar-refractivity contribution in [3.8, 4) is 5.75 Å². The van der Waals surface area contributed by atoms with Crippen molar-refractivity contribution in [1.82, 2.24) is 15.1 Å². The number of rotatable bonds is 6. The van der Waals surface area contributed by atoms with Crippen LogP contribution in [0.3, 0.4) is 0 Å². The van der Waals surface area contributed by atoms with Gasteiger partial charge in [-0.2, -0.15) is 0 Å². The molecule has 0 spiro atoms. The average molecular weight is 488 g/mol. The highest BCUT2D eigenvalue weighted by atomic mass is 16.4. The first-order chi connectivity index (χ1) is 16.2. The first-order valence-corrected chi connectivity index (χ1v) is 12.6. The summed E-state index contributed by atoms with van der Waals surface area (Å²) < 4.78 is 0. The van der Waals surface area contributed by atoms with Crippen LogP contribution in [0.15, 0.2) is 18.2 Å². The Labute approximate surface area is 208 Å². The lowest BCUT2D eigenvalue weighted by Crippen LogP contribution is -2.58. The van der Waals surface area contributed by atoms with Crippen LogP contribution in [0.2, 0.25) is 0 Å². The minimum absolute atomic E-state index is 0.129. The zero-order chi connectivity index (χ0) is 26.3. The second kappa shape index (κ2) is 9.80. The molecule has 0 radical (unpaired) electrons. The van der Waals surface area contributed by atoms with Crippen LogP contribution in [-0.2, 0) is 15.0 Å². The number of aromatic hydroxyl groups is 1. The summed E-state index contributed by atoms with van der Waals surface area (Å²) in [4.78, 5) is 42.7. The van der Waals surface area contributed by atoms with Crippen LogP contribution in [0.5, 0.6) is 5.75 Å². The second-order valence-electron chi connectivity index (χ2n) is 11.8.